The molecule has 5 heteroatoms. The molecule has 0 spiro atoms. The monoisotopic (exact) mass is 344 g/mol. The third-order valence-electron chi connectivity index (χ3n) is 4.32. The van der Waals surface area contributed by atoms with Crippen molar-refractivity contribution in [3.8, 4) is 0 Å². The number of aliphatic hydroxyl groups excluding tert-OH is 1. The summed E-state index contributed by atoms with van der Waals surface area (Å²) in [5.74, 6) is -0.140. The smallest absolute Gasteiger partial charge is 0.251 e. The molecule has 0 saturated carbocycles. The van der Waals surface area contributed by atoms with Crippen molar-refractivity contribution in [1.29, 1.82) is 0 Å². The van der Waals surface area contributed by atoms with E-state index in [1.165, 1.54) is 5.56 Å². The number of rotatable bonds is 5. The first-order chi connectivity index (χ1) is 11.6. The van der Waals surface area contributed by atoms with E-state index in [4.69, 9.17) is 11.6 Å². The first-order valence-corrected chi connectivity index (χ1v) is 8.49. The van der Waals surface area contributed by atoms with Crippen molar-refractivity contribution < 1.29 is 9.90 Å². The number of hydrogen-bond acceptors (Lipinski definition) is 3. The quantitative estimate of drug-likeness (QED) is 0.877. The minimum absolute atomic E-state index is 0.128. The first kappa shape index (κ1) is 17.0. The number of halogens is 1. The zero-order valence-electron chi connectivity index (χ0n) is 13.4. The lowest BCUT2D eigenvalue weighted by Gasteiger charge is -2.24. The molecule has 1 aliphatic heterocycles. The number of likely N-dealkylation sites (tertiary alicyclic amines) is 1. The van der Waals surface area contributed by atoms with Crippen LogP contribution in [-0.2, 0) is 6.54 Å². The van der Waals surface area contributed by atoms with Gasteiger partial charge < -0.3 is 10.4 Å². The van der Waals surface area contributed by atoms with Gasteiger partial charge in [0.1, 0.15) is 0 Å². The molecule has 0 aromatic heterocycles. The highest BCUT2D eigenvalue weighted by Gasteiger charge is 2.31. The van der Waals surface area contributed by atoms with Crippen molar-refractivity contribution in [2.45, 2.75) is 25.1 Å². The summed E-state index contributed by atoms with van der Waals surface area (Å²) in [6, 6.07) is 17.2. The van der Waals surface area contributed by atoms with Gasteiger partial charge in [-0.3, -0.25) is 9.69 Å². The summed E-state index contributed by atoms with van der Waals surface area (Å²) in [5.41, 5.74) is 1.76. The van der Waals surface area contributed by atoms with Crippen molar-refractivity contribution in [3.63, 3.8) is 0 Å². The van der Waals surface area contributed by atoms with E-state index in [0.29, 0.717) is 30.1 Å². The summed E-state index contributed by atoms with van der Waals surface area (Å²) in [5, 5.41) is 13.5. The molecule has 3 rings (SSSR count). The molecule has 0 aliphatic carbocycles. The van der Waals surface area contributed by atoms with Crippen molar-refractivity contribution in [1.82, 2.24) is 10.2 Å². The molecule has 1 heterocycles. The standard InChI is InChI=1S/C19H21ClN2O2/c20-16-8-4-7-15(9-16)19(24)21-11-17-10-18(23)13-22(17)12-14-5-2-1-3-6-14/h1-9,17-18,23H,10-13H2,(H,21,24). The zero-order chi connectivity index (χ0) is 16.9. The summed E-state index contributed by atoms with van der Waals surface area (Å²) in [4.78, 5) is 14.5. The molecule has 2 aromatic carbocycles. The van der Waals surface area contributed by atoms with Crippen LogP contribution in [0.3, 0.4) is 0 Å². The van der Waals surface area contributed by atoms with Gasteiger partial charge >= 0.3 is 0 Å². The van der Waals surface area contributed by atoms with Gasteiger partial charge in [0, 0.05) is 36.3 Å². The second-order valence-corrected chi connectivity index (χ2v) is 6.62. The Kier molecular flexibility index (Phi) is 5.51. The van der Waals surface area contributed by atoms with E-state index >= 15 is 0 Å². The molecule has 1 fully saturated rings. The van der Waals surface area contributed by atoms with Gasteiger partial charge in [0.25, 0.3) is 5.91 Å². The van der Waals surface area contributed by atoms with E-state index in [1.807, 2.05) is 18.2 Å². The highest BCUT2D eigenvalue weighted by molar-refractivity contribution is 6.30. The predicted molar refractivity (Wildman–Crippen MR) is 95.0 cm³/mol. The van der Waals surface area contributed by atoms with Crippen LogP contribution in [0.5, 0.6) is 0 Å². The van der Waals surface area contributed by atoms with Gasteiger partial charge in [-0.25, -0.2) is 0 Å². The maximum Gasteiger partial charge on any atom is 0.251 e. The Morgan fingerprint density at radius 2 is 2.00 bits per heavy atom. The minimum atomic E-state index is -0.346. The zero-order valence-corrected chi connectivity index (χ0v) is 14.1. The number of hydrogen-bond donors (Lipinski definition) is 2. The fourth-order valence-electron chi connectivity index (χ4n) is 3.12. The number of nitrogens with one attached hydrogen (secondary N) is 1. The van der Waals surface area contributed by atoms with Crippen LogP contribution in [0.4, 0.5) is 0 Å². The lowest BCUT2D eigenvalue weighted by Crippen LogP contribution is -2.39. The van der Waals surface area contributed by atoms with Crippen LogP contribution in [0.15, 0.2) is 54.6 Å². The minimum Gasteiger partial charge on any atom is -0.392 e. The molecule has 1 saturated heterocycles. The molecule has 1 aliphatic rings. The van der Waals surface area contributed by atoms with E-state index < -0.39 is 0 Å². The number of nitrogens with zero attached hydrogens (tertiary/aromatic N) is 1. The van der Waals surface area contributed by atoms with E-state index in [2.05, 4.69) is 22.3 Å². The molecular formula is C19H21ClN2O2. The highest BCUT2D eigenvalue weighted by Crippen LogP contribution is 2.20. The topological polar surface area (TPSA) is 52.6 Å². The third-order valence-corrected chi connectivity index (χ3v) is 4.55. The summed E-state index contributed by atoms with van der Waals surface area (Å²) < 4.78 is 0. The largest absolute Gasteiger partial charge is 0.392 e. The van der Waals surface area contributed by atoms with Crippen molar-refractivity contribution in [3.05, 3.63) is 70.7 Å². The first-order valence-electron chi connectivity index (χ1n) is 8.11. The molecule has 2 atom stereocenters. The van der Waals surface area contributed by atoms with Gasteiger partial charge in [-0.15, -0.1) is 0 Å². The molecule has 2 N–H and O–H groups in total. The maximum atomic E-state index is 12.2. The number of aliphatic hydroxyl groups is 1. The lowest BCUT2D eigenvalue weighted by molar-refractivity contribution is 0.0940. The average molecular weight is 345 g/mol. The second kappa shape index (κ2) is 7.79. The molecule has 2 aromatic rings. The Bertz CT molecular complexity index is 693. The molecule has 0 radical (unpaired) electrons. The Morgan fingerprint density at radius 1 is 1.21 bits per heavy atom. The van der Waals surface area contributed by atoms with E-state index in [9.17, 15) is 9.90 Å². The fourth-order valence-corrected chi connectivity index (χ4v) is 3.31. The van der Waals surface area contributed by atoms with Crippen molar-refractivity contribution >= 4 is 17.5 Å². The highest BCUT2D eigenvalue weighted by atomic mass is 35.5. The normalized spacial score (nSPS) is 20.9. The number of β-amino-alcohol motifs (C(OH)–C–C–N with tert-alkyl or cyclic N) is 1. The Labute approximate surface area is 147 Å². The number of amides is 1. The predicted octanol–water partition coefficient (Wildman–Crippen LogP) is 2.71. The molecule has 1 amide bonds. The van der Waals surface area contributed by atoms with Gasteiger partial charge in [0.05, 0.1) is 6.10 Å². The average Bonchev–Trinajstić information content (AvgIpc) is 2.93. The Hall–Kier alpha value is -1.88. The number of benzene rings is 2. The number of carbonyl (C=O) groups excluding carboxylic acids is 1. The van der Waals surface area contributed by atoms with E-state index in [1.54, 1.807) is 24.3 Å². The summed E-state index contributed by atoms with van der Waals surface area (Å²) in [6.45, 7) is 1.91. The lowest BCUT2D eigenvalue weighted by atomic mass is 10.1. The summed E-state index contributed by atoms with van der Waals surface area (Å²) in [7, 11) is 0. The van der Waals surface area contributed by atoms with Gasteiger partial charge in [0.2, 0.25) is 0 Å². The maximum absolute atomic E-state index is 12.2. The van der Waals surface area contributed by atoms with E-state index in [-0.39, 0.29) is 18.1 Å². The molecule has 4 nitrogen and oxygen atoms in total. The molecular weight excluding hydrogens is 324 g/mol. The van der Waals surface area contributed by atoms with Crippen molar-refractivity contribution in [2.24, 2.45) is 0 Å². The molecule has 2 unspecified atom stereocenters. The van der Waals surface area contributed by atoms with Crippen LogP contribution in [0.25, 0.3) is 0 Å². The number of carbonyl (C=O) groups is 1. The van der Waals surface area contributed by atoms with Gasteiger partial charge in [-0.05, 0) is 30.2 Å². The summed E-state index contributed by atoms with van der Waals surface area (Å²) in [6.07, 6.45) is 0.324. The SMILES string of the molecule is O=C(NCC1CC(O)CN1Cc1ccccc1)c1cccc(Cl)c1. The van der Waals surface area contributed by atoms with Gasteiger partial charge in [-0.2, -0.15) is 0 Å². The fraction of sp³-hybridized carbons (Fsp3) is 0.316. The van der Waals surface area contributed by atoms with Crippen LogP contribution in [0, 0.1) is 0 Å². The van der Waals surface area contributed by atoms with Crippen molar-refractivity contribution in [2.75, 3.05) is 13.1 Å². The second-order valence-electron chi connectivity index (χ2n) is 6.18. The van der Waals surface area contributed by atoms with Crippen LogP contribution >= 0.6 is 11.6 Å². The summed E-state index contributed by atoms with van der Waals surface area (Å²) >= 11 is 5.93. The van der Waals surface area contributed by atoms with E-state index in [0.717, 1.165) is 6.54 Å². The molecule has 126 valence electrons. The van der Waals surface area contributed by atoms with Crippen LogP contribution < -0.4 is 5.32 Å². The Balaban J connectivity index is 1.59. The van der Waals surface area contributed by atoms with Crippen LogP contribution in [-0.4, -0.2) is 41.1 Å². The van der Waals surface area contributed by atoms with Gasteiger partial charge in [-0.1, -0.05) is 48.0 Å². The van der Waals surface area contributed by atoms with Crippen LogP contribution in [0.1, 0.15) is 22.3 Å². The third kappa shape index (κ3) is 4.35. The van der Waals surface area contributed by atoms with Gasteiger partial charge in [0.15, 0.2) is 0 Å². The molecule has 0 bridgehead atoms. The molecule has 24 heavy (non-hydrogen) atoms. The Morgan fingerprint density at radius 3 is 2.75 bits per heavy atom. The van der Waals surface area contributed by atoms with Crippen LogP contribution in [0.2, 0.25) is 5.02 Å².